The van der Waals surface area contributed by atoms with E-state index in [1.165, 1.54) is 12.1 Å². The van der Waals surface area contributed by atoms with Crippen LogP contribution in [-0.2, 0) is 11.2 Å². The standard InChI is InChI=1S/C12H15N3O3/c16-12(14-10-5-6-13-8-10)7-9-1-3-11(4-2-9)15(17)18/h1-4,10,13H,5-8H2,(H,14,16)/t10-/m1/s1. The summed E-state index contributed by atoms with van der Waals surface area (Å²) >= 11 is 0. The molecule has 0 unspecified atom stereocenters. The predicted octanol–water partition coefficient (Wildman–Crippen LogP) is 0.615. The fraction of sp³-hybridized carbons (Fsp3) is 0.417. The molecule has 1 aliphatic heterocycles. The van der Waals surface area contributed by atoms with Crippen molar-refractivity contribution in [3.8, 4) is 0 Å². The molecule has 2 rings (SSSR count). The number of carbonyl (C=O) groups is 1. The van der Waals surface area contributed by atoms with Gasteiger partial charge < -0.3 is 10.6 Å². The van der Waals surface area contributed by atoms with Crippen molar-refractivity contribution < 1.29 is 9.72 Å². The number of hydrogen-bond donors (Lipinski definition) is 2. The third kappa shape index (κ3) is 3.27. The zero-order chi connectivity index (χ0) is 13.0. The molecule has 0 spiro atoms. The van der Waals surface area contributed by atoms with Gasteiger partial charge in [-0.2, -0.15) is 0 Å². The minimum Gasteiger partial charge on any atom is -0.352 e. The third-order valence-corrected chi connectivity index (χ3v) is 2.94. The number of nitrogens with zero attached hydrogens (tertiary/aromatic N) is 1. The van der Waals surface area contributed by atoms with Crippen LogP contribution in [0.1, 0.15) is 12.0 Å². The average molecular weight is 249 g/mol. The second-order valence-corrected chi connectivity index (χ2v) is 4.36. The van der Waals surface area contributed by atoms with E-state index < -0.39 is 4.92 Å². The molecule has 2 N–H and O–H groups in total. The van der Waals surface area contributed by atoms with Crippen molar-refractivity contribution in [3.05, 3.63) is 39.9 Å². The van der Waals surface area contributed by atoms with Gasteiger partial charge in [-0.05, 0) is 18.5 Å². The van der Waals surface area contributed by atoms with Crippen LogP contribution in [0.3, 0.4) is 0 Å². The van der Waals surface area contributed by atoms with Crippen LogP contribution in [-0.4, -0.2) is 30.0 Å². The number of rotatable bonds is 4. The molecular weight excluding hydrogens is 234 g/mol. The van der Waals surface area contributed by atoms with E-state index in [9.17, 15) is 14.9 Å². The molecule has 1 atom stereocenters. The Balaban J connectivity index is 1.88. The van der Waals surface area contributed by atoms with Gasteiger partial charge in [0.15, 0.2) is 0 Å². The molecule has 18 heavy (non-hydrogen) atoms. The number of non-ortho nitro benzene ring substituents is 1. The summed E-state index contributed by atoms with van der Waals surface area (Å²) in [5, 5.41) is 16.6. The fourth-order valence-electron chi connectivity index (χ4n) is 1.98. The van der Waals surface area contributed by atoms with E-state index in [1.54, 1.807) is 12.1 Å². The molecule has 1 heterocycles. The zero-order valence-corrected chi connectivity index (χ0v) is 9.89. The zero-order valence-electron chi connectivity index (χ0n) is 9.89. The predicted molar refractivity (Wildman–Crippen MR) is 66.2 cm³/mol. The number of carbonyl (C=O) groups excluding carboxylic acids is 1. The minimum absolute atomic E-state index is 0.0409. The number of nitro groups is 1. The van der Waals surface area contributed by atoms with Gasteiger partial charge >= 0.3 is 0 Å². The second kappa shape index (κ2) is 5.59. The molecule has 1 aliphatic rings. The van der Waals surface area contributed by atoms with Gasteiger partial charge in [0.1, 0.15) is 0 Å². The van der Waals surface area contributed by atoms with Crippen LogP contribution in [0.15, 0.2) is 24.3 Å². The van der Waals surface area contributed by atoms with Gasteiger partial charge in [-0.1, -0.05) is 12.1 Å². The number of nitrogens with one attached hydrogen (secondary N) is 2. The summed E-state index contributed by atoms with van der Waals surface area (Å²) in [6.07, 6.45) is 1.21. The van der Waals surface area contributed by atoms with Crippen molar-refractivity contribution in [1.82, 2.24) is 10.6 Å². The number of benzene rings is 1. The van der Waals surface area contributed by atoms with Gasteiger partial charge in [0.2, 0.25) is 5.91 Å². The Kier molecular flexibility index (Phi) is 3.88. The molecular formula is C12H15N3O3. The van der Waals surface area contributed by atoms with Crippen LogP contribution in [0.25, 0.3) is 0 Å². The first-order valence-electron chi connectivity index (χ1n) is 5.88. The van der Waals surface area contributed by atoms with Crippen molar-refractivity contribution in [2.45, 2.75) is 18.9 Å². The van der Waals surface area contributed by atoms with Crippen molar-refractivity contribution in [2.75, 3.05) is 13.1 Å². The van der Waals surface area contributed by atoms with Crippen LogP contribution >= 0.6 is 0 Å². The van der Waals surface area contributed by atoms with E-state index in [2.05, 4.69) is 10.6 Å². The summed E-state index contributed by atoms with van der Waals surface area (Å²) in [5.41, 5.74) is 0.822. The summed E-state index contributed by atoms with van der Waals surface area (Å²) in [7, 11) is 0. The van der Waals surface area contributed by atoms with Gasteiger partial charge in [0, 0.05) is 24.7 Å². The lowest BCUT2D eigenvalue weighted by atomic mass is 10.1. The summed E-state index contributed by atoms with van der Waals surface area (Å²) < 4.78 is 0. The Morgan fingerprint density at radius 1 is 1.44 bits per heavy atom. The molecule has 1 aromatic carbocycles. The number of amides is 1. The monoisotopic (exact) mass is 249 g/mol. The maximum atomic E-state index is 11.7. The lowest BCUT2D eigenvalue weighted by Gasteiger charge is -2.10. The lowest BCUT2D eigenvalue weighted by Crippen LogP contribution is -2.37. The van der Waals surface area contributed by atoms with Gasteiger partial charge in [0.05, 0.1) is 11.3 Å². The maximum Gasteiger partial charge on any atom is 0.269 e. The SMILES string of the molecule is O=C(Cc1ccc([N+](=O)[O-])cc1)N[C@@H]1CCNC1. The lowest BCUT2D eigenvalue weighted by molar-refractivity contribution is -0.384. The highest BCUT2D eigenvalue weighted by Gasteiger charge is 2.16. The molecule has 1 aromatic rings. The Bertz CT molecular complexity index is 438. The third-order valence-electron chi connectivity index (χ3n) is 2.94. The second-order valence-electron chi connectivity index (χ2n) is 4.36. The first-order chi connectivity index (χ1) is 8.65. The van der Waals surface area contributed by atoms with Gasteiger partial charge in [0.25, 0.3) is 5.69 Å². The Morgan fingerprint density at radius 2 is 2.17 bits per heavy atom. The minimum atomic E-state index is -0.450. The molecule has 0 radical (unpaired) electrons. The fourth-order valence-corrected chi connectivity index (χ4v) is 1.98. The van der Waals surface area contributed by atoms with E-state index in [4.69, 9.17) is 0 Å². The molecule has 6 nitrogen and oxygen atoms in total. The highest BCUT2D eigenvalue weighted by atomic mass is 16.6. The summed E-state index contributed by atoms with van der Waals surface area (Å²) in [5.74, 6) is -0.0439. The van der Waals surface area contributed by atoms with Crippen molar-refractivity contribution >= 4 is 11.6 Å². The number of nitro benzene ring substituents is 1. The number of hydrogen-bond acceptors (Lipinski definition) is 4. The summed E-state index contributed by atoms with van der Waals surface area (Å²) in [6, 6.07) is 6.27. The van der Waals surface area contributed by atoms with Crippen molar-refractivity contribution in [3.63, 3.8) is 0 Å². The highest BCUT2D eigenvalue weighted by Crippen LogP contribution is 2.12. The van der Waals surface area contributed by atoms with E-state index >= 15 is 0 Å². The molecule has 6 heteroatoms. The maximum absolute atomic E-state index is 11.7. The van der Waals surface area contributed by atoms with E-state index in [0.717, 1.165) is 25.1 Å². The molecule has 0 saturated carbocycles. The topological polar surface area (TPSA) is 84.3 Å². The van der Waals surface area contributed by atoms with Gasteiger partial charge in [-0.3, -0.25) is 14.9 Å². The van der Waals surface area contributed by atoms with Crippen molar-refractivity contribution in [1.29, 1.82) is 0 Å². The Morgan fingerprint density at radius 3 is 2.72 bits per heavy atom. The van der Waals surface area contributed by atoms with Crippen LogP contribution in [0.4, 0.5) is 5.69 Å². The molecule has 1 amide bonds. The van der Waals surface area contributed by atoms with Crippen molar-refractivity contribution in [2.24, 2.45) is 0 Å². The molecule has 96 valence electrons. The first-order valence-corrected chi connectivity index (χ1v) is 5.88. The van der Waals surface area contributed by atoms with Crippen LogP contribution in [0.2, 0.25) is 0 Å². The van der Waals surface area contributed by atoms with Crippen LogP contribution in [0.5, 0.6) is 0 Å². The molecule has 1 fully saturated rings. The van der Waals surface area contributed by atoms with E-state index in [1.807, 2.05) is 0 Å². The Hall–Kier alpha value is -1.95. The summed E-state index contributed by atoms with van der Waals surface area (Å²) in [4.78, 5) is 21.7. The van der Waals surface area contributed by atoms with Gasteiger partial charge in [-0.15, -0.1) is 0 Å². The smallest absolute Gasteiger partial charge is 0.269 e. The Labute approximate surface area is 105 Å². The average Bonchev–Trinajstić information content (AvgIpc) is 2.82. The summed E-state index contributed by atoms with van der Waals surface area (Å²) in [6.45, 7) is 1.74. The molecule has 0 aromatic heterocycles. The molecule has 1 saturated heterocycles. The highest BCUT2D eigenvalue weighted by molar-refractivity contribution is 5.79. The normalized spacial score (nSPS) is 18.6. The van der Waals surface area contributed by atoms with E-state index in [0.29, 0.717) is 0 Å². The quantitative estimate of drug-likeness (QED) is 0.605. The molecule has 0 bridgehead atoms. The largest absolute Gasteiger partial charge is 0.352 e. The van der Waals surface area contributed by atoms with Crippen LogP contribution in [0, 0.1) is 10.1 Å². The van der Waals surface area contributed by atoms with E-state index in [-0.39, 0.29) is 24.1 Å². The van der Waals surface area contributed by atoms with Gasteiger partial charge in [-0.25, -0.2) is 0 Å². The molecule has 0 aliphatic carbocycles. The first kappa shape index (κ1) is 12.5. The van der Waals surface area contributed by atoms with Crippen LogP contribution < -0.4 is 10.6 Å².